The van der Waals surface area contributed by atoms with Gasteiger partial charge in [0.05, 0.1) is 14.9 Å². The number of halogens is 2. The minimum absolute atomic E-state index is 0.172. The second-order valence-corrected chi connectivity index (χ2v) is 5.77. The highest BCUT2D eigenvalue weighted by Gasteiger charge is 2.12. The Morgan fingerprint density at radius 2 is 2.38 bits per heavy atom. The summed E-state index contributed by atoms with van der Waals surface area (Å²) in [5, 5.41) is 10.0. The average Bonchev–Trinajstić information content (AvgIpc) is 2.84. The van der Waals surface area contributed by atoms with Crippen LogP contribution in [0.5, 0.6) is 0 Å². The number of hydrogen-bond acceptors (Lipinski definition) is 3. The summed E-state index contributed by atoms with van der Waals surface area (Å²) >= 11 is 13.4. The molecule has 0 saturated carbocycles. The number of rotatable bonds is 4. The zero-order chi connectivity index (χ0) is 11.5. The van der Waals surface area contributed by atoms with Crippen LogP contribution < -0.4 is 5.32 Å². The van der Waals surface area contributed by atoms with Crippen LogP contribution in [-0.2, 0) is 6.54 Å². The molecule has 0 saturated heterocycles. The normalized spacial score (nSPS) is 12.9. The summed E-state index contributed by atoms with van der Waals surface area (Å²) in [4.78, 5) is 0. The highest BCUT2D eigenvalue weighted by molar-refractivity contribution is 7.20. The van der Waals surface area contributed by atoms with Crippen LogP contribution >= 0.6 is 34.5 Å². The van der Waals surface area contributed by atoms with Gasteiger partial charge in [-0.1, -0.05) is 23.2 Å². The van der Waals surface area contributed by atoms with Gasteiger partial charge >= 0.3 is 0 Å². The van der Waals surface area contributed by atoms with Crippen molar-refractivity contribution in [1.29, 1.82) is 0 Å². The summed E-state index contributed by atoms with van der Waals surface area (Å²) in [6.45, 7) is 2.81. The van der Waals surface area contributed by atoms with E-state index in [0.29, 0.717) is 0 Å². The summed E-state index contributed by atoms with van der Waals surface area (Å²) in [5.74, 6) is 0. The first-order chi connectivity index (χ1) is 7.66. The van der Waals surface area contributed by atoms with Crippen molar-refractivity contribution in [1.82, 2.24) is 15.5 Å². The van der Waals surface area contributed by atoms with E-state index in [1.54, 1.807) is 6.20 Å². The Morgan fingerprint density at radius 3 is 2.94 bits per heavy atom. The topological polar surface area (TPSA) is 40.7 Å². The van der Waals surface area contributed by atoms with Crippen molar-refractivity contribution >= 4 is 34.5 Å². The van der Waals surface area contributed by atoms with E-state index >= 15 is 0 Å². The molecular weight excluding hydrogens is 265 g/mol. The molecule has 16 heavy (non-hydrogen) atoms. The third kappa shape index (κ3) is 2.77. The van der Waals surface area contributed by atoms with Crippen LogP contribution in [-0.4, -0.2) is 10.2 Å². The Bertz CT molecular complexity index is 453. The minimum atomic E-state index is 0.172. The van der Waals surface area contributed by atoms with E-state index in [1.807, 2.05) is 12.3 Å². The minimum Gasteiger partial charge on any atom is -0.306 e. The van der Waals surface area contributed by atoms with Crippen molar-refractivity contribution in [2.45, 2.75) is 19.5 Å². The van der Waals surface area contributed by atoms with Crippen molar-refractivity contribution < 1.29 is 0 Å². The Hall–Kier alpha value is -0.550. The van der Waals surface area contributed by atoms with Gasteiger partial charge < -0.3 is 5.32 Å². The van der Waals surface area contributed by atoms with Crippen LogP contribution in [0.4, 0.5) is 0 Å². The maximum atomic E-state index is 6.08. The Balaban J connectivity index is 1.98. The SMILES string of the molecule is CC(NCc1cn[nH]c1)c1cc(Cl)sc1Cl. The molecule has 3 nitrogen and oxygen atoms in total. The monoisotopic (exact) mass is 275 g/mol. The molecule has 86 valence electrons. The Labute approximate surface area is 108 Å². The predicted molar refractivity (Wildman–Crippen MR) is 68.2 cm³/mol. The lowest BCUT2D eigenvalue weighted by Crippen LogP contribution is -2.17. The summed E-state index contributed by atoms with van der Waals surface area (Å²) in [5.41, 5.74) is 2.16. The number of nitrogens with zero attached hydrogens (tertiary/aromatic N) is 1. The van der Waals surface area contributed by atoms with E-state index in [1.165, 1.54) is 11.3 Å². The Morgan fingerprint density at radius 1 is 1.56 bits per heavy atom. The number of nitrogens with one attached hydrogen (secondary N) is 2. The largest absolute Gasteiger partial charge is 0.306 e. The molecule has 0 radical (unpaired) electrons. The van der Waals surface area contributed by atoms with Crippen LogP contribution in [0.3, 0.4) is 0 Å². The first-order valence-electron chi connectivity index (χ1n) is 4.82. The number of hydrogen-bond donors (Lipinski definition) is 2. The van der Waals surface area contributed by atoms with Gasteiger partial charge in [0, 0.05) is 24.3 Å². The van der Waals surface area contributed by atoms with Gasteiger partial charge in [0.25, 0.3) is 0 Å². The van der Waals surface area contributed by atoms with E-state index in [4.69, 9.17) is 23.2 Å². The molecule has 2 aromatic rings. The van der Waals surface area contributed by atoms with Crippen LogP contribution in [0, 0.1) is 0 Å². The number of H-pyrrole nitrogens is 1. The fraction of sp³-hybridized carbons (Fsp3) is 0.300. The summed E-state index contributed by atoms with van der Waals surface area (Å²) in [7, 11) is 0. The van der Waals surface area contributed by atoms with Gasteiger partial charge in [0.1, 0.15) is 0 Å². The Kier molecular flexibility index (Phi) is 3.86. The molecule has 1 atom stereocenters. The molecule has 0 aromatic carbocycles. The fourth-order valence-electron chi connectivity index (χ4n) is 1.40. The smallest absolute Gasteiger partial charge is 0.0991 e. The van der Waals surface area contributed by atoms with Crippen LogP contribution in [0.2, 0.25) is 8.67 Å². The van der Waals surface area contributed by atoms with E-state index < -0.39 is 0 Å². The first-order valence-corrected chi connectivity index (χ1v) is 6.40. The molecule has 0 amide bonds. The van der Waals surface area contributed by atoms with Gasteiger partial charge in [-0.25, -0.2) is 0 Å². The zero-order valence-corrected chi connectivity index (χ0v) is 11.0. The standard InChI is InChI=1S/C10H11Cl2N3S/c1-6(8-2-9(11)16-10(8)12)13-3-7-4-14-15-5-7/h2,4-6,13H,3H2,1H3,(H,14,15). The second-order valence-electron chi connectivity index (χ2n) is 3.49. The summed E-state index contributed by atoms with van der Waals surface area (Å²) in [6, 6.07) is 2.08. The highest BCUT2D eigenvalue weighted by atomic mass is 35.5. The average molecular weight is 276 g/mol. The van der Waals surface area contributed by atoms with E-state index in [0.717, 1.165) is 26.3 Å². The maximum Gasteiger partial charge on any atom is 0.0991 e. The van der Waals surface area contributed by atoms with Crippen molar-refractivity contribution in [2.75, 3.05) is 0 Å². The van der Waals surface area contributed by atoms with E-state index in [-0.39, 0.29) is 6.04 Å². The molecule has 2 heterocycles. The summed E-state index contributed by atoms with van der Waals surface area (Å²) in [6.07, 6.45) is 3.66. The van der Waals surface area contributed by atoms with Gasteiger partial charge in [-0.2, -0.15) is 5.10 Å². The molecule has 0 aliphatic rings. The predicted octanol–water partition coefficient (Wildman–Crippen LogP) is 3.63. The molecule has 0 spiro atoms. The van der Waals surface area contributed by atoms with Crippen LogP contribution in [0.15, 0.2) is 18.5 Å². The van der Waals surface area contributed by atoms with Crippen molar-refractivity contribution in [3.05, 3.63) is 38.3 Å². The quantitative estimate of drug-likeness (QED) is 0.895. The molecule has 2 N–H and O–H groups in total. The lowest BCUT2D eigenvalue weighted by atomic mass is 10.2. The van der Waals surface area contributed by atoms with Gasteiger partial charge in [-0.05, 0) is 18.6 Å². The number of thiophene rings is 1. The molecule has 0 bridgehead atoms. The van der Waals surface area contributed by atoms with Crippen LogP contribution in [0.25, 0.3) is 0 Å². The molecule has 0 aliphatic heterocycles. The zero-order valence-electron chi connectivity index (χ0n) is 8.63. The molecule has 2 rings (SSSR count). The first kappa shape index (κ1) is 11.9. The van der Waals surface area contributed by atoms with Gasteiger partial charge in [-0.15, -0.1) is 11.3 Å². The molecule has 0 aliphatic carbocycles. The molecule has 1 unspecified atom stereocenters. The third-order valence-electron chi connectivity index (χ3n) is 2.32. The number of aromatic nitrogens is 2. The molecular formula is C10H11Cl2N3S. The van der Waals surface area contributed by atoms with Gasteiger partial charge in [-0.3, -0.25) is 5.10 Å². The summed E-state index contributed by atoms with van der Waals surface area (Å²) < 4.78 is 1.47. The third-order valence-corrected chi connectivity index (χ3v) is 3.83. The van der Waals surface area contributed by atoms with E-state index in [9.17, 15) is 0 Å². The highest BCUT2D eigenvalue weighted by Crippen LogP contribution is 2.34. The van der Waals surface area contributed by atoms with Crippen molar-refractivity contribution in [2.24, 2.45) is 0 Å². The lowest BCUT2D eigenvalue weighted by Gasteiger charge is -2.11. The van der Waals surface area contributed by atoms with E-state index in [2.05, 4.69) is 22.4 Å². The maximum absolute atomic E-state index is 6.08. The molecule has 6 heteroatoms. The lowest BCUT2D eigenvalue weighted by molar-refractivity contribution is 0.576. The van der Waals surface area contributed by atoms with Gasteiger partial charge in [0.15, 0.2) is 0 Å². The van der Waals surface area contributed by atoms with Crippen LogP contribution in [0.1, 0.15) is 24.1 Å². The van der Waals surface area contributed by atoms with Crippen molar-refractivity contribution in [3.63, 3.8) is 0 Å². The molecule has 0 fully saturated rings. The van der Waals surface area contributed by atoms with Gasteiger partial charge in [0.2, 0.25) is 0 Å². The second kappa shape index (κ2) is 5.19. The molecule has 2 aromatic heterocycles. The number of aromatic amines is 1. The van der Waals surface area contributed by atoms with Crippen molar-refractivity contribution in [3.8, 4) is 0 Å². The fourth-order valence-corrected chi connectivity index (χ4v) is 3.05.